The monoisotopic (exact) mass is 248 g/mol. The molecule has 0 atom stereocenters. The number of Topliss-reactive ketones (excluding diaryl/α,β-unsaturated/α-hetero) is 1. The first-order chi connectivity index (χ1) is 7.77. The van der Waals surface area contributed by atoms with Crippen molar-refractivity contribution in [2.24, 2.45) is 0 Å². The third kappa shape index (κ3) is 2.89. The topological polar surface area (TPSA) is 46.5 Å². The number of carbonyl (C=O) groups is 1. The summed E-state index contributed by atoms with van der Waals surface area (Å²) in [5, 5.41) is 9.24. The van der Waals surface area contributed by atoms with Crippen LogP contribution < -0.4 is 4.74 Å². The van der Waals surface area contributed by atoms with E-state index in [1.54, 1.807) is 6.92 Å². The summed E-state index contributed by atoms with van der Waals surface area (Å²) in [6.07, 6.45) is -4.69. The van der Waals surface area contributed by atoms with Gasteiger partial charge in [0.2, 0.25) is 0 Å². The summed E-state index contributed by atoms with van der Waals surface area (Å²) in [5.74, 6) is -1.63. The fourth-order valence-electron chi connectivity index (χ4n) is 1.35. The minimum absolute atomic E-state index is 0.0719. The number of ketones is 1. The third-order valence-electron chi connectivity index (χ3n) is 2.08. The van der Waals surface area contributed by atoms with Crippen molar-refractivity contribution >= 4 is 5.78 Å². The lowest BCUT2D eigenvalue weighted by Crippen LogP contribution is -2.08. The maximum atomic E-state index is 12.5. The Morgan fingerprint density at radius 3 is 2.41 bits per heavy atom. The number of aromatic hydroxyl groups is 1. The van der Waals surface area contributed by atoms with Gasteiger partial charge in [0.1, 0.15) is 17.1 Å². The van der Waals surface area contributed by atoms with Crippen LogP contribution in [0.25, 0.3) is 0 Å². The highest BCUT2D eigenvalue weighted by Gasteiger charge is 2.35. The summed E-state index contributed by atoms with van der Waals surface area (Å²) < 4.78 is 42.5. The molecule has 0 heterocycles. The molecule has 1 aromatic carbocycles. The van der Waals surface area contributed by atoms with Gasteiger partial charge in [0.15, 0.2) is 5.78 Å². The normalized spacial score (nSPS) is 11.4. The largest absolute Gasteiger partial charge is 0.507 e. The molecule has 0 saturated heterocycles. The molecule has 17 heavy (non-hydrogen) atoms. The number of benzene rings is 1. The fourth-order valence-corrected chi connectivity index (χ4v) is 1.35. The lowest BCUT2D eigenvalue weighted by atomic mass is 10.1. The lowest BCUT2D eigenvalue weighted by molar-refractivity contribution is -0.138. The van der Waals surface area contributed by atoms with E-state index in [4.69, 9.17) is 4.74 Å². The van der Waals surface area contributed by atoms with Crippen molar-refractivity contribution in [2.45, 2.75) is 20.0 Å². The molecule has 0 aromatic heterocycles. The van der Waals surface area contributed by atoms with Gasteiger partial charge in [-0.1, -0.05) is 0 Å². The van der Waals surface area contributed by atoms with Crippen molar-refractivity contribution in [3.8, 4) is 11.5 Å². The molecule has 1 N–H and O–H groups in total. The Balaban J connectivity index is 3.40. The molecule has 3 nitrogen and oxygen atoms in total. The van der Waals surface area contributed by atoms with Crippen molar-refractivity contribution in [1.82, 2.24) is 0 Å². The molecule has 1 rings (SSSR count). The predicted octanol–water partition coefficient (Wildman–Crippen LogP) is 3.01. The van der Waals surface area contributed by atoms with E-state index in [1.165, 1.54) is 6.92 Å². The van der Waals surface area contributed by atoms with Crippen LogP contribution in [0.15, 0.2) is 12.1 Å². The predicted molar refractivity (Wildman–Crippen MR) is 54.3 cm³/mol. The SMILES string of the molecule is CCOc1cc(C(F)(F)F)c(O)cc1C(C)=O. The number of hydrogen-bond donors (Lipinski definition) is 1. The molecule has 0 aliphatic heterocycles. The average Bonchev–Trinajstić information content (AvgIpc) is 2.18. The number of phenols is 1. The molecule has 0 radical (unpaired) electrons. The zero-order valence-electron chi connectivity index (χ0n) is 9.26. The Kier molecular flexibility index (Phi) is 3.65. The molecule has 0 aliphatic rings. The summed E-state index contributed by atoms with van der Waals surface area (Å²) in [6, 6.07) is 1.41. The second-order valence-electron chi connectivity index (χ2n) is 3.35. The van der Waals surface area contributed by atoms with Crippen LogP contribution >= 0.6 is 0 Å². The Hall–Kier alpha value is -1.72. The standard InChI is InChI=1S/C11H11F3O3/c1-3-17-10-5-8(11(12,13)14)9(16)4-7(10)6(2)15/h4-5,16H,3H2,1-2H3. The first-order valence-electron chi connectivity index (χ1n) is 4.85. The smallest absolute Gasteiger partial charge is 0.420 e. The van der Waals surface area contributed by atoms with E-state index in [0.29, 0.717) is 6.07 Å². The molecule has 0 bridgehead atoms. The quantitative estimate of drug-likeness (QED) is 0.836. The number of halogens is 3. The van der Waals surface area contributed by atoms with Gasteiger partial charge < -0.3 is 9.84 Å². The molecule has 0 amide bonds. The first-order valence-corrected chi connectivity index (χ1v) is 4.85. The Morgan fingerprint density at radius 1 is 1.41 bits per heavy atom. The van der Waals surface area contributed by atoms with Gasteiger partial charge in [-0.2, -0.15) is 13.2 Å². The minimum Gasteiger partial charge on any atom is -0.507 e. The van der Waals surface area contributed by atoms with Crippen molar-refractivity contribution in [3.05, 3.63) is 23.3 Å². The zero-order valence-corrected chi connectivity index (χ0v) is 9.26. The highest BCUT2D eigenvalue weighted by molar-refractivity contribution is 5.97. The van der Waals surface area contributed by atoms with Crippen LogP contribution in [-0.4, -0.2) is 17.5 Å². The number of ether oxygens (including phenoxy) is 1. The molecule has 6 heteroatoms. The molecule has 1 aromatic rings. The number of hydrogen-bond acceptors (Lipinski definition) is 3. The second-order valence-corrected chi connectivity index (χ2v) is 3.35. The van der Waals surface area contributed by atoms with Gasteiger partial charge in [-0.05, 0) is 26.0 Å². The molecule has 0 saturated carbocycles. The van der Waals surface area contributed by atoms with Crippen molar-refractivity contribution < 1.29 is 27.8 Å². The Labute approximate surface area is 95.8 Å². The summed E-state index contributed by atoms with van der Waals surface area (Å²) in [7, 11) is 0. The average molecular weight is 248 g/mol. The zero-order chi connectivity index (χ0) is 13.2. The highest BCUT2D eigenvalue weighted by atomic mass is 19.4. The van der Waals surface area contributed by atoms with Crippen LogP contribution in [0.4, 0.5) is 13.2 Å². The second kappa shape index (κ2) is 4.65. The van der Waals surface area contributed by atoms with E-state index in [0.717, 1.165) is 6.07 Å². The number of carbonyl (C=O) groups excluding carboxylic acids is 1. The molecule has 0 unspecified atom stereocenters. The maximum Gasteiger partial charge on any atom is 0.420 e. The van der Waals surface area contributed by atoms with E-state index in [-0.39, 0.29) is 17.9 Å². The van der Waals surface area contributed by atoms with E-state index < -0.39 is 23.3 Å². The van der Waals surface area contributed by atoms with Gasteiger partial charge in [-0.15, -0.1) is 0 Å². The van der Waals surface area contributed by atoms with E-state index >= 15 is 0 Å². The summed E-state index contributed by atoms with van der Waals surface area (Å²) >= 11 is 0. The summed E-state index contributed by atoms with van der Waals surface area (Å²) in [4.78, 5) is 11.2. The Morgan fingerprint density at radius 2 is 2.00 bits per heavy atom. The lowest BCUT2D eigenvalue weighted by Gasteiger charge is -2.14. The summed E-state index contributed by atoms with van der Waals surface area (Å²) in [6.45, 7) is 2.90. The van der Waals surface area contributed by atoms with Gasteiger partial charge in [0, 0.05) is 0 Å². The van der Waals surface area contributed by atoms with Crippen LogP contribution in [0, 0.1) is 0 Å². The number of phenolic OH excluding ortho intramolecular Hbond substituents is 1. The first kappa shape index (κ1) is 13.3. The van der Waals surface area contributed by atoms with Gasteiger partial charge in [-0.25, -0.2) is 0 Å². The molecular formula is C11H11F3O3. The van der Waals surface area contributed by atoms with Gasteiger partial charge in [0.05, 0.1) is 12.2 Å². The number of alkyl halides is 3. The van der Waals surface area contributed by atoms with Crippen LogP contribution in [0.2, 0.25) is 0 Å². The van der Waals surface area contributed by atoms with Crippen molar-refractivity contribution in [3.63, 3.8) is 0 Å². The molecule has 0 fully saturated rings. The third-order valence-corrected chi connectivity index (χ3v) is 2.08. The van der Waals surface area contributed by atoms with Gasteiger partial charge in [-0.3, -0.25) is 4.79 Å². The molecule has 0 aliphatic carbocycles. The van der Waals surface area contributed by atoms with Crippen LogP contribution in [0.3, 0.4) is 0 Å². The molecule has 94 valence electrons. The fraction of sp³-hybridized carbons (Fsp3) is 0.364. The summed E-state index contributed by atoms with van der Waals surface area (Å²) in [5.41, 5.74) is -1.29. The van der Waals surface area contributed by atoms with E-state index in [9.17, 15) is 23.1 Å². The Bertz CT molecular complexity index is 438. The highest BCUT2D eigenvalue weighted by Crippen LogP contribution is 2.39. The number of rotatable bonds is 3. The van der Waals surface area contributed by atoms with Crippen LogP contribution in [0.5, 0.6) is 11.5 Å². The minimum atomic E-state index is -4.69. The van der Waals surface area contributed by atoms with E-state index in [1.807, 2.05) is 0 Å². The van der Waals surface area contributed by atoms with Gasteiger partial charge >= 0.3 is 6.18 Å². The molecule has 0 spiro atoms. The van der Waals surface area contributed by atoms with Crippen LogP contribution in [0.1, 0.15) is 29.8 Å². The van der Waals surface area contributed by atoms with Gasteiger partial charge in [0.25, 0.3) is 0 Å². The van der Waals surface area contributed by atoms with E-state index in [2.05, 4.69) is 0 Å². The van der Waals surface area contributed by atoms with Crippen molar-refractivity contribution in [2.75, 3.05) is 6.61 Å². The maximum absolute atomic E-state index is 12.5. The van der Waals surface area contributed by atoms with Crippen molar-refractivity contribution in [1.29, 1.82) is 0 Å². The molecular weight excluding hydrogens is 237 g/mol. The van der Waals surface area contributed by atoms with Crippen LogP contribution in [-0.2, 0) is 6.18 Å².